The monoisotopic (exact) mass is 979 g/mol. The van der Waals surface area contributed by atoms with Gasteiger partial charge in [-0.25, -0.2) is 0 Å². The molecule has 1 atom stereocenters. The lowest BCUT2D eigenvalue weighted by Crippen LogP contribution is -2.28. The Kier molecular flexibility index (Phi) is 56.5. The topological polar surface area (TPSA) is 72.8 Å². The Morgan fingerprint density at radius 3 is 0.915 bits per heavy atom. The third kappa shape index (κ3) is 58.2. The van der Waals surface area contributed by atoms with Crippen LogP contribution in [0.15, 0.2) is 146 Å². The van der Waals surface area contributed by atoms with Gasteiger partial charge in [-0.3, -0.25) is 9.59 Å². The Morgan fingerprint density at radius 1 is 0.338 bits per heavy atom. The molecule has 400 valence electrons. The van der Waals surface area contributed by atoms with Crippen LogP contribution >= 0.6 is 0 Å². The minimum Gasteiger partial charge on any atom is -0.462 e. The molecule has 0 saturated carbocycles. The Labute approximate surface area is 438 Å². The molecule has 0 fully saturated rings. The zero-order valence-corrected chi connectivity index (χ0v) is 45.7. The number of aliphatic hydroxyl groups is 1. The standard InChI is InChI=1S/C66H106O5/c1-3-5-7-9-11-13-15-17-19-21-22-23-24-25-26-27-28-29-30-31-32-33-34-35-36-37-38-39-40-41-42-43-44-45-47-49-51-53-55-57-59-61-66(69)71-64(62-67)63-70-65(68)60-58-56-54-52-50-48-46-20-18-16-14-12-10-8-6-4-2/h5,7,11,13-14,16-17,19-20,22-23,25-26,28-29,31-32,34-35,37-38,40-41,46,64,67H,3-4,6,8-10,12,15,18,21,24,27,30,33,36,39,42-45,47-63H2,1-2H3/b7-5-,13-11-,16-14-,19-17-,23-22-,26-25-,29-28-,32-31-,35-34-,38-37-,41-40-,46-20-. The summed E-state index contributed by atoms with van der Waals surface area (Å²) in [6.07, 6.45) is 91.0. The van der Waals surface area contributed by atoms with Crippen molar-refractivity contribution in [3.05, 3.63) is 146 Å². The summed E-state index contributed by atoms with van der Waals surface area (Å²) < 4.78 is 10.7. The summed E-state index contributed by atoms with van der Waals surface area (Å²) in [7, 11) is 0. The summed E-state index contributed by atoms with van der Waals surface area (Å²) in [5.41, 5.74) is 0. The quantitative estimate of drug-likeness (QED) is 0.0373. The average molecular weight is 980 g/mol. The normalized spacial score (nSPS) is 13.3. The zero-order chi connectivity index (χ0) is 51.3. The van der Waals surface area contributed by atoms with E-state index < -0.39 is 6.10 Å². The smallest absolute Gasteiger partial charge is 0.306 e. The predicted molar refractivity (Wildman–Crippen MR) is 311 cm³/mol. The summed E-state index contributed by atoms with van der Waals surface area (Å²) in [4.78, 5) is 24.5. The van der Waals surface area contributed by atoms with Crippen molar-refractivity contribution >= 4 is 11.9 Å². The first-order valence-electron chi connectivity index (χ1n) is 28.9. The summed E-state index contributed by atoms with van der Waals surface area (Å²) in [6, 6.07) is 0. The molecule has 0 amide bonds. The van der Waals surface area contributed by atoms with Crippen LogP contribution in [0.25, 0.3) is 0 Å². The van der Waals surface area contributed by atoms with Crippen molar-refractivity contribution in [2.24, 2.45) is 0 Å². The van der Waals surface area contributed by atoms with E-state index >= 15 is 0 Å². The van der Waals surface area contributed by atoms with Crippen molar-refractivity contribution in [1.82, 2.24) is 0 Å². The van der Waals surface area contributed by atoms with E-state index in [-0.39, 0.29) is 25.2 Å². The number of allylic oxidation sites excluding steroid dienone is 24. The van der Waals surface area contributed by atoms with Crippen molar-refractivity contribution in [1.29, 1.82) is 0 Å². The predicted octanol–water partition coefficient (Wildman–Crippen LogP) is 19.8. The molecule has 0 aromatic carbocycles. The third-order valence-electron chi connectivity index (χ3n) is 11.9. The van der Waals surface area contributed by atoms with Gasteiger partial charge >= 0.3 is 11.9 Å². The van der Waals surface area contributed by atoms with Crippen LogP contribution in [0.4, 0.5) is 0 Å². The number of esters is 2. The fourth-order valence-electron chi connectivity index (χ4n) is 7.55. The maximum Gasteiger partial charge on any atom is 0.306 e. The molecule has 0 heterocycles. The van der Waals surface area contributed by atoms with E-state index in [0.717, 1.165) is 116 Å². The van der Waals surface area contributed by atoms with Crippen LogP contribution in [0.5, 0.6) is 0 Å². The number of aliphatic hydroxyl groups excluding tert-OH is 1. The second-order valence-corrected chi connectivity index (χ2v) is 18.6. The van der Waals surface area contributed by atoms with Gasteiger partial charge in [-0.05, 0) is 122 Å². The van der Waals surface area contributed by atoms with E-state index in [1.807, 2.05) is 0 Å². The minimum absolute atomic E-state index is 0.0818. The van der Waals surface area contributed by atoms with Crippen molar-refractivity contribution in [3.63, 3.8) is 0 Å². The van der Waals surface area contributed by atoms with Gasteiger partial charge < -0.3 is 14.6 Å². The Morgan fingerprint density at radius 2 is 0.606 bits per heavy atom. The molecule has 0 aliphatic carbocycles. The van der Waals surface area contributed by atoms with Gasteiger partial charge in [-0.15, -0.1) is 0 Å². The van der Waals surface area contributed by atoms with Crippen LogP contribution in [-0.4, -0.2) is 36.4 Å². The highest BCUT2D eigenvalue weighted by atomic mass is 16.6. The number of unbranched alkanes of at least 4 members (excludes halogenated alkanes) is 19. The highest BCUT2D eigenvalue weighted by Crippen LogP contribution is 2.14. The molecule has 1 unspecified atom stereocenters. The fraction of sp³-hybridized carbons (Fsp3) is 0.606. The highest BCUT2D eigenvalue weighted by molar-refractivity contribution is 5.70. The van der Waals surface area contributed by atoms with E-state index in [4.69, 9.17) is 9.47 Å². The molecule has 0 saturated heterocycles. The van der Waals surface area contributed by atoms with Crippen molar-refractivity contribution < 1.29 is 24.2 Å². The lowest BCUT2D eigenvalue weighted by atomic mass is 10.0. The first-order valence-corrected chi connectivity index (χ1v) is 28.9. The van der Waals surface area contributed by atoms with Gasteiger partial charge in [0.1, 0.15) is 6.61 Å². The molecule has 5 nitrogen and oxygen atoms in total. The summed E-state index contributed by atoms with van der Waals surface area (Å²) >= 11 is 0. The first kappa shape index (κ1) is 66.8. The molecule has 71 heavy (non-hydrogen) atoms. The SMILES string of the molecule is CC/C=C\C/C=C\C/C=C\C/C=C\C/C=C\C/C=C\C/C=C\C/C=C\C/C=C\C/C=C\CCCCCCCCCCCCC(=O)OC(CO)COC(=O)CCCCCCC/C=C\C/C=C\CCCCCC. The number of ether oxygens (including phenoxy) is 2. The summed E-state index contributed by atoms with van der Waals surface area (Å²) in [5, 5.41) is 9.64. The fourth-order valence-corrected chi connectivity index (χ4v) is 7.55. The number of hydrogen-bond donors (Lipinski definition) is 1. The lowest BCUT2D eigenvalue weighted by molar-refractivity contribution is -0.161. The van der Waals surface area contributed by atoms with Gasteiger partial charge in [-0.1, -0.05) is 250 Å². The van der Waals surface area contributed by atoms with Gasteiger partial charge in [-0.2, -0.15) is 0 Å². The van der Waals surface area contributed by atoms with Crippen LogP contribution in [0, 0.1) is 0 Å². The molecule has 0 aromatic heterocycles. The largest absolute Gasteiger partial charge is 0.462 e. The van der Waals surface area contributed by atoms with Crippen LogP contribution in [-0.2, 0) is 19.1 Å². The number of rotatable bonds is 51. The zero-order valence-electron chi connectivity index (χ0n) is 45.7. The van der Waals surface area contributed by atoms with E-state index in [0.29, 0.717) is 12.8 Å². The minimum atomic E-state index is -0.789. The van der Waals surface area contributed by atoms with Crippen molar-refractivity contribution in [2.75, 3.05) is 13.2 Å². The second-order valence-electron chi connectivity index (χ2n) is 18.6. The third-order valence-corrected chi connectivity index (χ3v) is 11.9. The highest BCUT2D eigenvalue weighted by Gasteiger charge is 2.16. The molecule has 0 rings (SSSR count). The Bertz CT molecular complexity index is 1530. The van der Waals surface area contributed by atoms with Crippen molar-refractivity contribution in [3.8, 4) is 0 Å². The first-order chi connectivity index (χ1) is 35.1. The molecule has 0 aromatic rings. The van der Waals surface area contributed by atoms with Crippen LogP contribution in [0.2, 0.25) is 0 Å². The second kappa shape index (κ2) is 60.1. The van der Waals surface area contributed by atoms with Crippen LogP contribution < -0.4 is 0 Å². The van der Waals surface area contributed by atoms with E-state index in [1.165, 1.54) is 96.3 Å². The number of hydrogen-bond acceptors (Lipinski definition) is 5. The lowest BCUT2D eigenvalue weighted by Gasteiger charge is -2.15. The van der Waals surface area contributed by atoms with Gasteiger partial charge in [0.15, 0.2) is 6.10 Å². The number of carbonyl (C=O) groups excluding carboxylic acids is 2. The molecule has 0 aliphatic rings. The van der Waals surface area contributed by atoms with E-state index in [2.05, 4.69) is 160 Å². The molecular formula is C66H106O5. The molecule has 5 heteroatoms. The summed E-state index contributed by atoms with van der Waals surface area (Å²) in [6.45, 7) is 3.99. The molecule has 1 N–H and O–H groups in total. The molecule has 0 radical (unpaired) electrons. The van der Waals surface area contributed by atoms with Gasteiger partial charge in [0.05, 0.1) is 6.61 Å². The Hall–Kier alpha value is -4.22. The van der Waals surface area contributed by atoms with Gasteiger partial charge in [0, 0.05) is 12.8 Å². The van der Waals surface area contributed by atoms with E-state index in [1.54, 1.807) is 0 Å². The maximum atomic E-state index is 12.3. The number of carbonyl (C=O) groups is 2. The summed E-state index contributed by atoms with van der Waals surface area (Å²) in [5.74, 6) is -0.618. The average Bonchev–Trinajstić information content (AvgIpc) is 3.37. The van der Waals surface area contributed by atoms with Crippen LogP contribution in [0.3, 0.4) is 0 Å². The molecule has 0 bridgehead atoms. The maximum absolute atomic E-state index is 12.3. The van der Waals surface area contributed by atoms with Gasteiger partial charge in [0.2, 0.25) is 0 Å². The van der Waals surface area contributed by atoms with Crippen molar-refractivity contribution in [2.45, 2.75) is 245 Å². The van der Waals surface area contributed by atoms with Gasteiger partial charge in [0.25, 0.3) is 0 Å². The van der Waals surface area contributed by atoms with E-state index in [9.17, 15) is 14.7 Å². The van der Waals surface area contributed by atoms with Crippen LogP contribution in [0.1, 0.15) is 239 Å². The molecule has 0 aliphatic heterocycles. The molecule has 0 spiro atoms. The Balaban J connectivity index is 3.60. The molecular weight excluding hydrogens is 873 g/mol.